The molecule has 1 saturated heterocycles. The molecule has 1 heterocycles. The number of hydrogen-bond acceptors (Lipinski definition) is 3. The van der Waals surface area contributed by atoms with Crippen LogP contribution in [0.3, 0.4) is 0 Å². The number of anilines is 1. The highest BCUT2D eigenvalue weighted by Gasteiger charge is 2.28. The molecule has 1 unspecified atom stereocenters. The predicted octanol–water partition coefficient (Wildman–Crippen LogP) is 2.64. The van der Waals surface area contributed by atoms with Gasteiger partial charge in [-0.05, 0) is 44.4 Å². The third-order valence-corrected chi connectivity index (χ3v) is 4.82. The normalized spacial score (nSPS) is 21.6. The zero-order chi connectivity index (χ0) is 14.8. The zero-order valence-electron chi connectivity index (χ0n) is 13.1. The number of para-hydroxylation sites is 1. The second-order valence-electron chi connectivity index (χ2n) is 6.42. The quantitative estimate of drug-likeness (QED) is 0.900. The van der Waals surface area contributed by atoms with Crippen LogP contribution >= 0.6 is 0 Å². The summed E-state index contributed by atoms with van der Waals surface area (Å²) < 4.78 is 14.4. The fraction of sp³-hybridized carbons (Fsp3) is 0.647. The van der Waals surface area contributed by atoms with Gasteiger partial charge in [0.25, 0.3) is 0 Å². The zero-order valence-corrected chi connectivity index (χ0v) is 13.1. The molecule has 2 aliphatic rings. The van der Waals surface area contributed by atoms with Crippen molar-refractivity contribution in [2.24, 2.45) is 5.92 Å². The summed E-state index contributed by atoms with van der Waals surface area (Å²) in [7, 11) is 1.92. The Labute approximate surface area is 127 Å². The van der Waals surface area contributed by atoms with E-state index in [1.807, 2.05) is 19.2 Å². The minimum absolute atomic E-state index is 0.0924. The highest BCUT2D eigenvalue weighted by Crippen LogP contribution is 2.32. The van der Waals surface area contributed by atoms with Gasteiger partial charge in [0.2, 0.25) is 0 Å². The van der Waals surface area contributed by atoms with Gasteiger partial charge in [-0.25, -0.2) is 4.39 Å². The van der Waals surface area contributed by atoms with E-state index < -0.39 is 0 Å². The standard InChI is InChI=1S/C17H26FN3/c1-13(19-2)15-4-3-5-16(18)17(15)21-10-8-20(9-11-21)12-14-6-7-14/h3-5,13-14,19H,6-12H2,1-2H3. The van der Waals surface area contributed by atoms with Gasteiger partial charge >= 0.3 is 0 Å². The fourth-order valence-corrected chi connectivity index (χ4v) is 3.19. The third kappa shape index (κ3) is 3.38. The van der Waals surface area contributed by atoms with Crippen molar-refractivity contribution in [2.45, 2.75) is 25.8 Å². The maximum absolute atomic E-state index is 14.4. The lowest BCUT2D eigenvalue weighted by Gasteiger charge is -2.37. The van der Waals surface area contributed by atoms with Crippen LogP contribution in [-0.4, -0.2) is 44.7 Å². The molecule has 0 spiro atoms. The lowest BCUT2D eigenvalue weighted by molar-refractivity contribution is 0.247. The summed E-state index contributed by atoms with van der Waals surface area (Å²) in [4.78, 5) is 4.76. The molecule has 21 heavy (non-hydrogen) atoms. The summed E-state index contributed by atoms with van der Waals surface area (Å²) in [6.07, 6.45) is 2.80. The number of halogens is 1. The first-order chi connectivity index (χ1) is 10.2. The van der Waals surface area contributed by atoms with Crippen molar-refractivity contribution in [3.63, 3.8) is 0 Å². The maximum Gasteiger partial charge on any atom is 0.146 e. The van der Waals surface area contributed by atoms with Crippen molar-refractivity contribution in [2.75, 3.05) is 44.7 Å². The summed E-state index contributed by atoms with van der Waals surface area (Å²) in [6, 6.07) is 5.60. The van der Waals surface area contributed by atoms with E-state index in [9.17, 15) is 4.39 Å². The van der Waals surface area contributed by atoms with Crippen molar-refractivity contribution < 1.29 is 4.39 Å². The van der Waals surface area contributed by atoms with Gasteiger partial charge in [0.05, 0.1) is 5.69 Å². The van der Waals surface area contributed by atoms with Gasteiger partial charge in [0.1, 0.15) is 5.82 Å². The number of nitrogens with one attached hydrogen (secondary N) is 1. The van der Waals surface area contributed by atoms with Crippen LogP contribution < -0.4 is 10.2 Å². The average Bonchev–Trinajstić information content (AvgIpc) is 3.31. The Morgan fingerprint density at radius 2 is 1.95 bits per heavy atom. The molecule has 0 aromatic heterocycles. The smallest absolute Gasteiger partial charge is 0.146 e. The minimum atomic E-state index is -0.0924. The Morgan fingerprint density at radius 1 is 1.24 bits per heavy atom. The van der Waals surface area contributed by atoms with Crippen LogP contribution in [-0.2, 0) is 0 Å². The van der Waals surface area contributed by atoms with E-state index in [-0.39, 0.29) is 11.9 Å². The summed E-state index contributed by atoms with van der Waals surface area (Å²) in [5.41, 5.74) is 1.86. The Bertz CT molecular complexity index is 479. The highest BCUT2D eigenvalue weighted by atomic mass is 19.1. The van der Waals surface area contributed by atoms with E-state index in [4.69, 9.17) is 0 Å². The van der Waals surface area contributed by atoms with Crippen LogP contribution in [0, 0.1) is 11.7 Å². The summed E-state index contributed by atoms with van der Waals surface area (Å²) in [5, 5.41) is 3.23. The molecule has 1 aromatic rings. The lowest BCUT2D eigenvalue weighted by Crippen LogP contribution is -2.47. The predicted molar refractivity (Wildman–Crippen MR) is 85.3 cm³/mol. The Kier molecular flexibility index (Phi) is 4.45. The summed E-state index contributed by atoms with van der Waals surface area (Å²) in [5.74, 6) is 0.843. The Balaban J connectivity index is 1.71. The van der Waals surface area contributed by atoms with E-state index in [2.05, 4.69) is 22.0 Å². The second-order valence-corrected chi connectivity index (χ2v) is 6.42. The van der Waals surface area contributed by atoms with Gasteiger partial charge in [0, 0.05) is 38.8 Å². The third-order valence-electron chi connectivity index (χ3n) is 4.82. The molecule has 1 saturated carbocycles. The summed E-state index contributed by atoms with van der Waals surface area (Å²) >= 11 is 0. The minimum Gasteiger partial charge on any atom is -0.366 e. The first-order valence-electron chi connectivity index (χ1n) is 8.12. The number of rotatable bonds is 5. The second kappa shape index (κ2) is 6.32. The van der Waals surface area contributed by atoms with Crippen molar-refractivity contribution in [3.05, 3.63) is 29.6 Å². The van der Waals surface area contributed by atoms with Crippen molar-refractivity contribution in [1.82, 2.24) is 10.2 Å². The molecule has 3 nitrogen and oxygen atoms in total. The first kappa shape index (κ1) is 14.8. The molecule has 116 valence electrons. The largest absolute Gasteiger partial charge is 0.366 e. The molecular weight excluding hydrogens is 265 g/mol. The van der Waals surface area contributed by atoms with E-state index >= 15 is 0 Å². The van der Waals surface area contributed by atoms with Crippen LogP contribution in [0.25, 0.3) is 0 Å². The Hall–Kier alpha value is -1.13. The topological polar surface area (TPSA) is 18.5 Å². The van der Waals surface area contributed by atoms with Crippen LogP contribution in [0.2, 0.25) is 0 Å². The lowest BCUT2D eigenvalue weighted by atomic mass is 10.0. The molecule has 0 amide bonds. The number of hydrogen-bond donors (Lipinski definition) is 1. The van der Waals surface area contributed by atoms with Crippen LogP contribution in [0.5, 0.6) is 0 Å². The molecule has 4 heteroatoms. The van der Waals surface area contributed by atoms with Gasteiger partial charge in [-0.15, -0.1) is 0 Å². The highest BCUT2D eigenvalue weighted by molar-refractivity contribution is 5.56. The first-order valence-corrected chi connectivity index (χ1v) is 8.12. The molecule has 1 aliphatic carbocycles. The molecule has 2 fully saturated rings. The van der Waals surface area contributed by atoms with E-state index in [0.717, 1.165) is 43.3 Å². The van der Waals surface area contributed by atoms with E-state index in [1.165, 1.54) is 19.4 Å². The van der Waals surface area contributed by atoms with Gasteiger partial charge in [-0.2, -0.15) is 0 Å². The van der Waals surface area contributed by atoms with Crippen molar-refractivity contribution in [1.29, 1.82) is 0 Å². The van der Waals surface area contributed by atoms with Crippen LogP contribution in [0.15, 0.2) is 18.2 Å². The maximum atomic E-state index is 14.4. The average molecular weight is 291 g/mol. The van der Waals surface area contributed by atoms with E-state index in [0.29, 0.717) is 0 Å². The molecule has 1 atom stereocenters. The van der Waals surface area contributed by atoms with Crippen LogP contribution in [0.1, 0.15) is 31.4 Å². The molecular formula is C17H26FN3. The van der Waals surface area contributed by atoms with Crippen LogP contribution in [0.4, 0.5) is 10.1 Å². The molecule has 1 aromatic carbocycles. The van der Waals surface area contributed by atoms with Crippen molar-refractivity contribution >= 4 is 5.69 Å². The van der Waals surface area contributed by atoms with Gasteiger partial charge in [-0.1, -0.05) is 12.1 Å². The van der Waals surface area contributed by atoms with Crippen molar-refractivity contribution in [3.8, 4) is 0 Å². The van der Waals surface area contributed by atoms with Gasteiger partial charge in [-0.3, -0.25) is 4.90 Å². The summed E-state index contributed by atoms with van der Waals surface area (Å²) in [6.45, 7) is 7.29. The van der Waals surface area contributed by atoms with Gasteiger partial charge in [0.15, 0.2) is 0 Å². The SMILES string of the molecule is CNC(C)c1cccc(F)c1N1CCN(CC2CC2)CC1. The molecule has 0 bridgehead atoms. The number of piperazine rings is 1. The number of benzene rings is 1. The fourth-order valence-electron chi connectivity index (χ4n) is 3.19. The van der Waals surface area contributed by atoms with E-state index in [1.54, 1.807) is 6.07 Å². The number of nitrogens with zero attached hydrogens (tertiary/aromatic N) is 2. The Morgan fingerprint density at radius 3 is 2.57 bits per heavy atom. The molecule has 1 aliphatic heterocycles. The van der Waals surface area contributed by atoms with Gasteiger partial charge < -0.3 is 10.2 Å². The molecule has 3 rings (SSSR count). The monoisotopic (exact) mass is 291 g/mol. The molecule has 0 radical (unpaired) electrons. The molecule has 1 N–H and O–H groups in total.